The molecule has 31 heavy (non-hydrogen) atoms. The van der Waals surface area contributed by atoms with Crippen molar-refractivity contribution in [2.75, 3.05) is 11.4 Å². The van der Waals surface area contributed by atoms with E-state index in [2.05, 4.69) is 125 Å². The Bertz CT molecular complexity index is 995. The third-order valence-corrected chi connectivity index (χ3v) is 7.32. The Kier molecular flexibility index (Phi) is 5.73. The number of anilines is 1. The molecular weight excluding hydrogens is 374 g/mol. The minimum Gasteiger partial charge on any atom is -0.361 e. The number of rotatable bonds is 5. The third kappa shape index (κ3) is 3.80. The summed E-state index contributed by atoms with van der Waals surface area (Å²) in [6.45, 7) is 15.2. The van der Waals surface area contributed by atoms with Gasteiger partial charge in [-0.1, -0.05) is 113 Å². The summed E-state index contributed by atoms with van der Waals surface area (Å²) in [7, 11) is 0. The summed E-state index contributed by atoms with van der Waals surface area (Å²) in [4.78, 5) is 2.75. The monoisotopic (exact) mass is 411 g/mol. The van der Waals surface area contributed by atoms with Gasteiger partial charge < -0.3 is 4.90 Å². The minimum absolute atomic E-state index is 0.0690. The second-order valence-electron chi connectivity index (χ2n) is 10.4. The Morgan fingerprint density at radius 2 is 1.13 bits per heavy atom. The van der Waals surface area contributed by atoms with E-state index in [0.717, 1.165) is 13.0 Å². The van der Waals surface area contributed by atoms with E-state index in [0.29, 0.717) is 11.8 Å². The number of hydrogen-bond acceptors (Lipinski definition) is 1. The standard InChI is InChI=1S/C30H37N/c1-22(2)26-18-13-19-27(23(3)4)28(26)31-21-29(5,24-14-9-7-10-15-24)20-30(31,6)25-16-11-8-12-17-25/h7-19,22-23H,20-21H2,1-6H3/t29-,30+/m0/s1. The van der Waals surface area contributed by atoms with Gasteiger partial charge in [-0.05, 0) is 47.4 Å². The molecule has 1 heteroatoms. The minimum atomic E-state index is -0.0690. The molecule has 1 heterocycles. The molecule has 1 nitrogen and oxygen atoms in total. The summed E-state index contributed by atoms with van der Waals surface area (Å²) in [5.74, 6) is 0.967. The number of hydrogen-bond donors (Lipinski definition) is 0. The molecule has 1 fully saturated rings. The van der Waals surface area contributed by atoms with E-state index in [1.807, 2.05) is 0 Å². The summed E-state index contributed by atoms with van der Waals surface area (Å²) in [5.41, 5.74) is 7.25. The maximum absolute atomic E-state index is 2.75. The zero-order chi connectivity index (χ0) is 22.2. The molecule has 1 saturated heterocycles. The molecule has 0 amide bonds. The molecule has 0 saturated carbocycles. The number of nitrogens with zero attached hydrogens (tertiary/aromatic N) is 1. The van der Waals surface area contributed by atoms with Crippen LogP contribution in [0.15, 0.2) is 78.9 Å². The molecule has 0 aliphatic carbocycles. The zero-order valence-corrected chi connectivity index (χ0v) is 20.0. The predicted molar refractivity (Wildman–Crippen MR) is 134 cm³/mol. The van der Waals surface area contributed by atoms with Gasteiger partial charge in [0.1, 0.15) is 0 Å². The first-order chi connectivity index (χ1) is 14.8. The normalized spacial score (nSPS) is 23.7. The van der Waals surface area contributed by atoms with Gasteiger partial charge in [0.25, 0.3) is 0 Å². The summed E-state index contributed by atoms with van der Waals surface area (Å²) in [5, 5.41) is 0. The van der Waals surface area contributed by atoms with E-state index in [4.69, 9.17) is 0 Å². The van der Waals surface area contributed by atoms with Crippen molar-refractivity contribution >= 4 is 5.69 Å². The van der Waals surface area contributed by atoms with Gasteiger partial charge in [-0.25, -0.2) is 0 Å². The van der Waals surface area contributed by atoms with Crippen LogP contribution >= 0.6 is 0 Å². The van der Waals surface area contributed by atoms with Crippen LogP contribution in [0, 0.1) is 0 Å². The Labute approximate surface area is 189 Å². The summed E-state index contributed by atoms with van der Waals surface area (Å²) in [6, 6.07) is 29.2. The molecule has 0 bridgehead atoms. The summed E-state index contributed by atoms with van der Waals surface area (Å²) in [6.07, 6.45) is 1.10. The van der Waals surface area contributed by atoms with Crippen LogP contribution in [-0.2, 0) is 11.0 Å². The Balaban J connectivity index is 1.95. The molecule has 162 valence electrons. The molecule has 1 aliphatic rings. The van der Waals surface area contributed by atoms with Gasteiger partial charge in [-0.3, -0.25) is 0 Å². The van der Waals surface area contributed by atoms with Crippen molar-refractivity contribution in [3.8, 4) is 0 Å². The van der Waals surface area contributed by atoms with Gasteiger partial charge >= 0.3 is 0 Å². The van der Waals surface area contributed by atoms with Crippen molar-refractivity contribution in [2.45, 2.75) is 70.8 Å². The van der Waals surface area contributed by atoms with Crippen LogP contribution < -0.4 is 4.90 Å². The lowest BCUT2D eigenvalue weighted by molar-refractivity contribution is 0.428. The highest BCUT2D eigenvalue weighted by Crippen LogP contribution is 2.53. The van der Waals surface area contributed by atoms with Gasteiger partial charge in [0.15, 0.2) is 0 Å². The topological polar surface area (TPSA) is 3.24 Å². The van der Waals surface area contributed by atoms with Crippen LogP contribution in [0.2, 0.25) is 0 Å². The largest absolute Gasteiger partial charge is 0.361 e. The Morgan fingerprint density at radius 1 is 0.645 bits per heavy atom. The molecule has 3 aromatic rings. The number of benzene rings is 3. The predicted octanol–water partition coefficient (Wildman–Crippen LogP) is 8.02. The smallest absolute Gasteiger partial charge is 0.0635 e. The first-order valence-electron chi connectivity index (χ1n) is 11.8. The van der Waals surface area contributed by atoms with E-state index in [1.165, 1.54) is 27.9 Å². The first-order valence-corrected chi connectivity index (χ1v) is 11.8. The molecule has 3 aromatic carbocycles. The van der Waals surface area contributed by atoms with E-state index >= 15 is 0 Å². The zero-order valence-electron chi connectivity index (χ0n) is 20.0. The SMILES string of the molecule is CC(C)c1cccc(C(C)C)c1N1C[C@@](C)(c2ccccc2)C[C@]1(C)c1ccccc1. The molecule has 0 unspecified atom stereocenters. The van der Waals surface area contributed by atoms with Gasteiger partial charge in [0, 0.05) is 17.6 Å². The molecule has 0 spiro atoms. The fourth-order valence-electron chi connectivity index (χ4n) is 5.67. The summed E-state index contributed by atoms with van der Waals surface area (Å²) < 4.78 is 0. The highest BCUT2D eigenvalue weighted by molar-refractivity contribution is 5.66. The molecule has 0 aromatic heterocycles. The lowest BCUT2D eigenvalue weighted by Gasteiger charge is -2.41. The van der Waals surface area contributed by atoms with Crippen LogP contribution in [0.4, 0.5) is 5.69 Å². The number of para-hydroxylation sites is 1. The van der Waals surface area contributed by atoms with Crippen molar-refractivity contribution in [3.63, 3.8) is 0 Å². The fourth-order valence-corrected chi connectivity index (χ4v) is 5.67. The Morgan fingerprint density at radius 3 is 1.61 bits per heavy atom. The second-order valence-corrected chi connectivity index (χ2v) is 10.4. The third-order valence-electron chi connectivity index (χ3n) is 7.32. The van der Waals surface area contributed by atoms with E-state index < -0.39 is 0 Å². The quantitative estimate of drug-likeness (QED) is 0.411. The van der Waals surface area contributed by atoms with Crippen molar-refractivity contribution in [1.82, 2.24) is 0 Å². The van der Waals surface area contributed by atoms with Gasteiger partial charge in [0.2, 0.25) is 0 Å². The van der Waals surface area contributed by atoms with E-state index in [9.17, 15) is 0 Å². The molecular formula is C30H37N. The maximum atomic E-state index is 2.75. The Hall–Kier alpha value is -2.54. The molecule has 0 radical (unpaired) electrons. The van der Waals surface area contributed by atoms with Gasteiger partial charge in [-0.2, -0.15) is 0 Å². The lowest BCUT2D eigenvalue weighted by Crippen LogP contribution is -2.40. The maximum Gasteiger partial charge on any atom is 0.0635 e. The fraction of sp³-hybridized carbons (Fsp3) is 0.400. The highest BCUT2D eigenvalue weighted by Gasteiger charge is 2.51. The molecule has 1 aliphatic heterocycles. The van der Waals surface area contributed by atoms with Crippen molar-refractivity contribution < 1.29 is 0 Å². The van der Waals surface area contributed by atoms with Crippen LogP contribution in [0.3, 0.4) is 0 Å². The molecule has 2 atom stereocenters. The highest BCUT2D eigenvalue weighted by atomic mass is 15.2. The van der Waals surface area contributed by atoms with Crippen LogP contribution in [-0.4, -0.2) is 6.54 Å². The van der Waals surface area contributed by atoms with Crippen LogP contribution in [0.1, 0.15) is 82.1 Å². The van der Waals surface area contributed by atoms with Crippen molar-refractivity contribution in [1.29, 1.82) is 0 Å². The van der Waals surface area contributed by atoms with E-state index in [1.54, 1.807) is 0 Å². The average Bonchev–Trinajstić information content (AvgIpc) is 3.07. The van der Waals surface area contributed by atoms with Gasteiger partial charge in [-0.15, -0.1) is 0 Å². The average molecular weight is 412 g/mol. The lowest BCUT2D eigenvalue weighted by atomic mass is 9.75. The van der Waals surface area contributed by atoms with E-state index in [-0.39, 0.29) is 11.0 Å². The second kappa shape index (κ2) is 8.19. The summed E-state index contributed by atoms with van der Waals surface area (Å²) >= 11 is 0. The van der Waals surface area contributed by atoms with Crippen molar-refractivity contribution in [2.24, 2.45) is 0 Å². The molecule has 0 N–H and O–H groups in total. The van der Waals surface area contributed by atoms with Gasteiger partial charge in [0.05, 0.1) is 5.54 Å². The van der Waals surface area contributed by atoms with Crippen LogP contribution in [0.25, 0.3) is 0 Å². The van der Waals surface area contributed by atoms with Crippen LogP contribution in [0.5, 0.6) is 0 Å². The van der Waals surface area contributed by atoms with Crippen molar-refractivity contribution in [3.05, 3.63) is 101 Å². The first kappa shape index (κ1) is 21.7. The molecule has 4 rings (SSSR count).